The molecule has 4 saturated carbocycles. The molecule has 4 aliphatic rings. The number of nitrogens with one attached hydrogen (secondary N) is 1. The van der Waals surface area contributed by atoms with Gasteiger partial charge in [-0.25, -0.2) is 0 Å². The van der Waals surface area contributed by atoms with Crippen LogP contribution in [0.3, 0.4) is 0 Å². The van der Waals surface area contributed by atoms with Gasteiger partial charge in [-0.05, 0) is 91.8 Å². The molecule has 32 heavy (non-hydrogen) atoms. The molecule has 1 amide bonds. The van der Waals surface area contributed by atoms with Crippen molar-refractivity contribution in [3.8, 4) is 0 Å². The highest BCUT2D eigenvalue weighted by molar-refractivity contribution is 5.83. The first-order chi connectivity index (χ1) is 15.1. The molecule has 0 saturated heterocycles. The molecule has 4 fully saturated rings. The Morgan fingerprint density at radius 2 is 1.78 bits per heavy atom. The minimum absolute atomic E-state index is 0.144. The van der Waals surface area contributed by atoms with Crippen LogP contribution in [0.15, 0.2) is 0 Å². The Hall–Kier alpha value is -1.43. The normalized spacial score (nSPS) is 44.2. The molecule has 0 aromatic carbocycles. The smallest absolute Gasteiger partial charge is 0.322 e. The lowest BCUT2D eigenvalue weighted by Gasteiger charge is -2.60. The number of Topliss-reactive ketones (excluding diaryl/α,β-unsaturated/α-hetero) is 1. The van der Waals surface area contributed by atoms with Gasteiger partial charge in [-0.15, -0.1) is 0 Å². The van der Waals surface area contributed by atoms with Crippen LogP contribution in [0, 0.1) is 46.3 Å². The fraction of sp³-hybridized carbons (Fsp3) is 0.885. The third kappa shape index (κ3) is 4.01. The summed E-state index contributed by atoms with van der Waals surface area (Å²) in [6.07, 6.45) is 8.71. The van der Waals surface area contributed by atoms with Crippen molar-refractivity contribution < 1.29 is 24.6 Å². The molecule has 0 aromatic heterocycles. The van der Waals surface area contributed by atoms with E-state index >= 15 is 0 Å². The van der Waals surface area contributed by atoms with E-state index in [1.807, 2.05) is 0 Å². The number of hydrogen-bond donors (Lipinski definition) is 3. The number of carbonyl (C=O) groups is 3. The Morgan fingerprint density at radius 1 is 1.09 bits per heavy atom. The zero-order valence-corrected chi connectivity index (χ0v) is 19.9. The average molecular weight is 448 g/mol. The first-order valence-corrected chi connectivity index (χ1v) is 12.8. The molecule has 4 rings (SSSR count). The summed E-state index contributed by atoms with van der Waals surface area (Å²) in [6, 6.07) is 0. The maximum atomic E-state index is 13.5. The second-order valence-electron chi connectivity index (χ2n) is 12.0. The van der Waals surface area contributed by atoms with Gasteiger partial charge in [0.1, 0.15) is 12.3 Å². The largest absolute Gasteiger partial charge is 0.480 e. The zero-order valence-electron chi connectivity index (χ0n) is 19.9. The van der Waals surface area contributed by atoms with Crippen molar-refractivity contribution in [3.63, 3.8) is 0 Å². The van der Waals surface area contributed by atoms with Crippen LogP contribution < -0.4 is 5.32 Å². The molecule has 6 nitrogen and oxygen atoms in total. The molecule has 0 spiro atoms. The molecular weight excluding hydrogens is 406 g/mol. The fourth-order valence-corrected chi connectivity index (χ4v) is 8.71. The number of amides is 1. The lowest BCUT2D eigenvalue weighted by atomic mass is 9.44. The maximum absolute atomic E-state index is 13.5. The number of ketones is 1. The highest BCUT2D eigenvalue weighted by Gasteiger charge is 2.62. The highest BCUT2D eigenvalue weighted by atomic mass is 16.4. The number of hydrogen-bond acceptors (Lipinski definition) is 4. The van der Waals surface area contributed by atoms with E-state index < -0.39 is 5.97 Å². The molecule has 0 bridgehead atoms. The summed E-state index contributed by atoms with van der Waals surface area (Å²) in [5, 5.41) is 21.4. The Labute approximate surface area is 191 Å². The van der Waals surface area contributed by atoms with E-state index in [-0.39, 0.29) is 35.3 Å². The van der Waals surface area contributed by atoms with Gasteiger partial charge in [0, 0.05) is 18.8 Å². The first kappa shape index (κ1) is 23.7. The predicted molar refractivity (Wildman–Crippen MR) is 121 cm³/mol. The monoisotopic (exact) mass is 447 g/mol. The number of carboxylic acids is 1. The Kier molecular flexibility index (Phi) is 6.47. The van der Waals surface area contributed by atoms with Crippen molar-refractivity contribution in [1.82, 2.24) is 5.32 Å². The molecule has 6 heteroatoms. The van der Waals surface area contributed by atoms with Crippen molar-refractivity contribution in [2.45, 2.75) is 91.1 Å². The van der Waals surface area contributed by atoms with Crippen LogP contribution in [0.5, 0.6) is 0 Å². The van der Waals surface area contributed by atoms with Crippen LogP contribution in [0.25, 0.3) is 0 Å². The first-order valence-electron chi connectivity index (χ1n) is 12.8. The topological polar surface area (TPSA) is 104 Å². The zero-order chi connectivity index (χ0) is 23.3. The van der Waals surface area contributed by atoms with Gasteiger partial charge in [-0.2, -0.15) is 0 Å². The quantitative estimate of drug-likeness (QED) is 0.575. The summed E-state index contributed by atoms with van der Waals surface area (Å²) in [4.78, 5) is 36.1. The second kappa shape index (κ2) is 8.73. The van der Waals surface area contributed by atoms with Crippen LogP contribution >= 0.6 is 0 Å². The Balaban J connectivity index is 1.44. The third-order valence-electron chi connectivity index (χ3n) is 10.5. The summed E-state index contributed by atoms with van der Waals surface area (Å²) in [5.74, 6) is 1.52. The molecular formula is C26H41NO5. The lowest BCUT2D eigenvalue weighted by Crippen LogP contribution is -2.57. The van der Waals surface area contributed by atoms with E-state index in [9.17, 15) is 19.5 Å². The molecule has 0 unspecified atom stereocenters. The van der Waals surface area contributed by atoms with Crippen molar-refractivity contribution in [1.29, 1.82) is 0 Å². The molecule has 9 atom stereocenters. The van der Waals surface area contributed by atoms with Gasteiger partial charge in [0.2, 0.25) is 5.91 Å². The molecule has 180 valence electrons. The van der Waals surface area contributed by atoms with Crippen LogP contribution in [0.4, 0.5) is 0 Å². The van der Waals surface area contributed by atoms with E-state index in [0.717, 1.165) is 51.4 Å². The lowest BCUT2D eigenvalue weighted by molar-refractivity contribution is -0.160. The molecule has 0 heterocycles. The highest BCUT2D eigenvalue weighted by Crippen LogP contribution is 2.67. The van der Waals surface area contributed by atoms with Gasteiger partial charge in [0.25, 0.3) is 0 Å². The van der Waals surface area contributed by atoms with Crippen molar-refractivity contribution in [2.24, 2.45) is 46.3 Å². The maximum Gasteiger partial charge on any atom is 0.322 e. The number of carbonyl (C=O) groups excluding carboxylic acids is 2. The number of fused-ring (bicyclic) bond motifs is 5. The number of rotatable bonds is 6. The fourth-order valence-electron chi connectivity index (χ4n) is 8.71. The van der Waals surface area contributed by atoms with E-state index in [2.05, 4.69) is 26.1 Å². The van der Waals surface area contributed by atoms with E-state index in [0.29, 0.717) is 48.2 Å². The summed E-state index contributed by atoms with van der Waals surface area (Å²) >= 11 is 0. The van der Waals surface area contributed by atoms with Crippen molar-refractivity contribution in [2.75, 3.05) is 6.54 Å². The minimum atomic E-state index is -1.02. The van der Waals surface area contributed by atoms with Gasteiger partial charge < -0.3 is 15.5 Å². The minimum Gasteiger partial charge on any atom is -0.480 e. The molecule has 0 radical (unpaired) electrons. The summed E-state index contributed by atoms with van der Waals surface area (Å²) in [7, 11) is 0. The standard InChI is InChI=1S/C26H41NO5/c1-15(4-7-22(30)27-14-23(31)32)18-5-6-19-24-20(9-11-26(18,19)3)25(2)10-8-17(28)12-16(25)13-21(24)29/h15-20,24,28H,4-14H2,1-3H3,(H,27,30)(H,31,32)/t15-,16-,17-,18-,19+,20+,24+,25+,26-/m1/s1. The number of aliphatic hydroxyl groups excluding tert-OH is 1. The summed E-state index contributed by atoms with van der Waals surface area (Å²) < 4.78 is 0. The summed E-state index contributed by atoms with van der Waals surface area (Å²) in [6.45, 7) is 6.72. The Morgan fingerprint density at radius 3 is 2.50 bits per heavy atom. The molecule has 3 N–H and O–H groups in total. The van der Waals surface area contributed by atoms with Crippen molar-refractivity contribution in [3.05, 3.63) is 0 Å². The molecule has 0 aromatic rings. The van der Waals surface area contributed by atoms with Crippen LogP contribution in [0.1, 0.15) is 85.0 Å². The molecule has 4 aliphatic carbocycles. The van der Waals surface area contributed by atoms with Gasteiger partial charge in [-0.3, -0.25) is 14.4 Å². The average Bonchev–Trinajstić information content (AvgIpc) is 3.09. The van der Waals surface area contributed by atoms with Crippen molar-refractivity contribution >= 4 is 17.7 Å². The molecule has 0 aliphatic heterocycles. The van der Waals surface area contributed by atoms with Crippen LogP contribution in [0.2, 0.25) is 0 Å². The van der Waals surface area contributed by atoms with Crippen LogP contribution in [-0.4, -0.2) is 40.5 Å². The van der Waals surface area contributed by atoms with E-state index in [1.54, 1.807) is 0 Å². The predicted octanol–water partition coefficient (Wildman–Crippen LogP) is 3.80. The number of carboxylic acid groups (broad SMARTS) is 1. The van der Waals surface area contributed by atoms with Gasteiger partial charge in [-0.1, -0.05) is 20.8 Å². The van der Waals surface area contributed by atoms with E-state index in [4.69, 9.17) is 5.11 Å². The van der Waals surface area contributed by atoms with Crippen LogP contribution in [-0.2, 0) is 14.4 Å². The third-order valence-corrected chi connectivity index (χ3v) is 10.5. The SMILES string of the molecule is C[C@H](CCC(=O)NCC(=O)O)[C@H]1CC[C@H]2[C@@H]3C(=O)C[C@H]4C[C@H](O)CC[C@]4(C)[C@H]3CC[C@]12C. The van der Waals surface area contributed by atoms with E-state index in [1.165, 1.54) is 0 Å². The number of aliphatic hydroxyl groups is 1. The second-order valence-corrected chi connectivity index (χ2v) is 12.0. The van der Waals surface area contributed by atoms with Gasteiger partial charge in [0.15, 0.2) is 0 Å². The van der Waals surface area contributed by atoms with Gasteiger partial charge in [0.05, 0.1) is 6.10 Å². The number of aliphatic carboxylic acids is 1. The van der Waals surface area contributed by atoms with Gasteiger partial charge >= 0.3 is 5.97 Å². The Bertz CT molecular complexity index is 767. The summed E-state index contributed by atoms with van der Waals surface area (Å²) in [5.41, 5.74) is 0.330.